The van der Waals surface area contributed by atoms with E-state index in [4.69, 9.17) is 4.74 Å². The minimum Gasteiger partial charge on any atom is -0.496 e. The van der Waals surface area contributed by atoms with Gasteiger partial charge >= 0.3 is 5.97 Å². The number of aryl methyl sites for hydroxylation is 1. The van der Waals surface area contributed by atoms with E-state index in [0.717, 1.165) is 39.0 Å². The van der Waals surface area contributed by atoms with Gasteiger partial charge in [-0.15, -0.1) is 0 Å². The van der Waals surface area contributed by atoms with Gasteiger partial charge in [0.15, 0.2) is 0 Å². The fraction of sp³-hybridized carbons (Fsp3) is 0.211. The maximum atomic E-state index is 11.3. The molecule has 0 amide bonds. The second kappa shape index (κ2) is 5.80. The molecule has 0 spiro atoms. The van der Waals surface area contributed by atoms with Gasteiger partial charge in [-0.2, -0.15) is 0 Å². The van der Waals surface area contributed by atoms with Crippen molar-refractivity contribution in [3.8, 4) is 16.9 Å². The van der Waals surface area contributed by atoms with Crippen molar-refractivity contribution < 1.29 is 14.6 Å². The van der Waals surface area contributed by atoms with Gasteiger partial charge in [0.05, 0.1) is 13.5 Å². The quantitative estimate of drug-likeness (QED) is 0.797. The molecule has 0 saturated heterocycles. The second-order valence-electron chi connectivity index (χ2n) is 5.60. The number of methoxy groups -OCH3 is 1. The van der Waals surface area contributed by atoms with Gasteiger partial charge in [-0.3, -0.25) is 4.79 Å². The summed E-state index contributed by atoms with van der Waals surface area (Å²) >= 11 is 0. The molecule has 4 heteroatoms. The Hall–Kier alpha value is -2.75. The molecule has 1 heterocycles. The van der Waals surface area contributed by atoms with Gasteiger partial charge in [0.25, 0.3) is 0 Å². The van der Waals surface area contributed by atoms with Crippen molar-refractivity contribution in [3.05, 3.63) is 53.7 Å². The SMILES string of the molecule is COc1ccc2c(c(CC(=O)O)c(C)n2C)c1-c1ccccc1. The predicted molar refractivity (Wildman–Crippen MR) is 91.0 cm³/mol. The van der Waals surface area contributed by atoms with Gasteiger partial charge in [-0.05, 0) is 30.2 Å². The smallest absolute Gasteiger partial charge is 0.307 e. The van der Waals surface area contributed by atoms with E-state index in [1.54, 1.807) is 7.11 Å². The third-order valence-electron chi connectivity index (χ3n) is 4.36. The monoisotopic (exact) mass is 309 g/mol. The standard InChI is InChI=1S/C19H19NO3/c1-12-14(11-17(21)22)19-15(20(12)2)9-10-16(23-3)18(19)13-7-5-4-6-8-13/h4-10H,11H2,1-3H3,(H,21,22). The van der Waals surface area contributed by atoms with Gasteiger partial charge in [-0.1, -0.05) is 30.3 Å². The van der Waals surface area contributed by atoms with Crippen LogP contribution in [0.3, 0.4) is 0 Å². The number of ether oxygens (including phenoxy) is 1. The van der Waals surface area contributed by atoms with Gasteiger partial charge in [-0.25, -0.2) is 0 Å². The molecule has 0 unspecified atom stereocenters. The minimum absolute atomic E-state index is 0.00380. The lowest BCUT2D eigenvalue weighted by Crippen LogP contribution is -2.02. The van der Waals surface area contributed by atoms with Crippen LogP contribution in [-0.4, -0.2) is 22.8 Å². The lowest BCUT2D eigenvalue weighted by atomic mass is 9.96. The highest BCUT2D eigenvalue weighted by atomic mass is 16.5. The van der Waals surface area contributed by atoms with E-state index in [1.165, 1.54) is 0 Å². The van der Waals surface area contributed by atoms with Crippen LogP contribution < -0.4 is 4.74 Å². The summed E-state index contributed by atoms with van der Waals surface area (Å²) in [5.74, 6) is -0.0802. The van der Waals surface area contributed by atoms with Crippen molar-refractivity contribution in [2.24, 2.45) is 7.05 Å². The topological polar surface area (TPSA) is 51.5 Å². The number of hydrogen-bond donors (Lipinski definition) is 1. The molecule has 4 nitrogen and oxygen atoms in total. The summed E-state index contributed by atoms with van der Waals surface area (Å²) in [6.07, 6.45) is -0.00380. The minimum atomic E-state index is -0.831. The Labute approximate surface area is 134 Å². The molecule has 0 aliphatic rings. The number of carboxylic acids is 1. The first-order valence-electron chi connectivity index (χ1n) is 7.46. The maximum absolute atomic E-state index is 11.3. The molecule has 0 aliphatic heterocycles. The van der Waals surface area contributed by atoms with Gasteiger partial charge in [0.2, 0.25) is 0 Å². The number of fused-ring (bicyclic) bond motifs is 1. The first-order chi connectivity index (χ1) is 11.0. The molecule has 0 fully saturated rings. The summed E-state index contributed by atoms with van der Waals surface area (Å²) in [7, 11) is 3.60. The highest BCUT2D eigenvalue weighted by Gasteiger charge is 2.21. The molecular weight excluding hydrogens is 290 g/mol. The molecule has 3 rings (SSSR count). The van der Waals surface area contributed by atoms with E-state index < -0.39 is 5.97 Å². The van der Waals surface area contributed by atoms with Crippen molar-refractivity contribution in [1.82, 2.24) is 4.57 Å². The largest absolute Gasteiger partial charge is 0.496 e. The maximum Gasteiger partial charge on any atom is 0.307 e. The zero-order valence-electron chi connectivity index (χ0n) is 13.5. The molecule has 1 aromatic heterocycles. The molecule has 0 saturated carbocycles. The summed E-state index contributed by atoms with van der Waals surface area (Å²) in [4.78, 5) is 11.3. The average molecular weight is 309 g/mol. The molecule has 2 aromatic carbocycles. The van der Waals surface area contributed by atoms with Crippen molar-refractivity contribution in [1.29, 1.82) is 0 Å². The summed E-state index contributed by atoms with van der Waals surface area (Å²) < 4.78 is 7.60. The number of rotatable bonds is 4. The molecule has 0 bridgehead atoms. The normalized spacial score (nSPS) is 10.9. The van der Waals surface area contributed by atoms with E-state index in [1.807, 2.05) is 61.0 Å². The van der Waals surface area contributed by atoms with Crippen LogP contribution in [0.1, 0.15) is 11.3 Å². The van der Waals surface area contributed by atoms with E-state index in [-0.39, 0.29) is 6.42 Å². The lowest BCUT2D eigenvalue weighted by Gasteiger charge is -2.12. The fourth-order valence-corrected chi connectivity index (χ4v) is 3.15. The Morgan fingerprint density at radius 2 is 1.87 bits per heavy atom. The third kappa shape index (κ3) is 2.46. The Morgan fingerprint density at radius 1 is 1.17 bits per heavy atom. The van der Waals surface area contributed by atoms with Crippen LogP contribution in [0.5, 0.6) is 5.75 Å². The first kappa shape index (κ1) is 15.2. The van der Waals surface area contributed by atoms with E-state index in [2.05, 4.69) is 0 Å². The number of carboxylic acid groups (broad SMARTS) is 1. The van der Waals surface area contributed by atoms with Crippen molar-refractivity contribution >= 4 is 16.9 Å². The molecule has 1 N–H and O–H groups in total. The van der Waals surface area contributed by atoms with E-state index >= 15 is 0 Å². The third-order valence-corrected chi connectivity index (χ3v) is 4.36. The summed E-state index contributed by atoms with van der Waals surface area (Å²) in [5.41, 5.74) is 4.79. The summed E-state index contributed by atoms with van der Waals surface area (Å²) in [6.45, 7) is 1.96. The van der Waals surface area contributed by atoms with Crippen molar-refractivity contribution in [3.63, 3.8) is 0 Å². The highest BCUT2D eigenvalue weighted by Crippen LogP contribution is 2.40. The van der Waals surface area contributed by atoms with Crippen LogP contribution in [0.2, 0.25) is 0 Å². The number of aliphatic carboxylic acids is 1. The Balaban J connectivity index is 2.44. The molecule has 0 radical (unpaired) electrons. The van der Waals surface area contributed by atoms with Crippen molar-refractivity contribution in [2.75, 3.05) is 7.11 Å². The lowest BCUT2D eigenvalue weighted by molar-refractivity contribution is -0.136. The molecule has 0 aliphatic carbocycles. The summed E-state index contributed by atoms with van der Waals surface area (Å²) in [5, 5.41) is 10.3. The number of benzene rings is 2. The first-order valence-corrected chi connectivity index (χ1v) is 7.46. The molecule has 23 heavy (non-hydrogen) atoms. The van der Waals surface area contributed by atoms with E-state index in [0.29, 0.717) is 0 Å². The van der Waals surface area contributed by atoms with Crippen molar-refractivity contribution in [2.45, 2.75) is 13.3 Å². The Bertz CT molecular complexity index is 879. The number of nitrogens with zero attached hydrogens (tertiary/aromatic N) is 1. The zero-order valence-corrected chi connectivity index (χ0v) is 13.5. The Kier molecular flexibility index (Phi) is 3.82. The van der Waals surface area contributed by atoms with E-state index in [9.17, 15) is 9.90 Å². The number of carbonyl (C=O) groups is 1. The zero-order chi connectivity index (χ0) is 16.6. The second-order valence-corrected chi connectivity index (χ2v) is 5.60. The van der Waals surface area contributed by atoms with Crippen LogP contribution >= 0.6 is 0 Å². The highest BCUT2D eigenvalue weighted by molar-refractivity contribution is 6.03. The van der Waals surface area contributed by atoms with Gasteiger partial charge in [0, 0.05) is 29.2 Å². The van der Waals surface area contributed by atoms with Crippen LogP contribution in [0.15, 0.2) is 42.5 Å². The van der Waals surface area contributed by atoms with Crippen LogP contribution in [-0.2, 0) is 18.3 Å². The molecule has 118 valence electrons. The van der Waals surface area contributed by atoms with Crippen LogP contribution in [0.25, 0.3) is 22.0 Å². The van der Waals surface area contributed by atoms with Crippen LogP contribution in [0, 0.1) is 6.92 Å². The number of aromatic nitrogens is 1. The summed E-state index contributed by atoms with van der Waals surface area (Å²) in [6, 6.07) is 13.9. The molecular formula is C19H19NO3. The predicted octanol–water partition coefficient (Wildman–Crippen LogP) is 3.79. The Morgan fingerprint density at radius 3 is 2.48 bits per heavy atom. The number of hydrogen-bond acceptors (Lipinski definition) is 2. The van der Waals surface area contributed by atoms with Gasteiger partial charge in [0.1, 0.15) is 5.75 Å². The fourth-order valence-electron chi connectivity index (χ4n) is 3.15. The molecule has 3 aromatic rings. The molecule has 0 atom stereocenters. The average Bonchev–Trinajstić information content (AvgIpc) is 2.79. The van der Waals surface area contributed by atoms with Crippen LogP contribution in [0.4, 0.5) is 0 Å². The van der Waals surface area contributed by atoms with Gasteiger partial charge < -0.3 is 14.4 Å².